The summed E-state index contributed by atoms with van der Waals surface area (Å²) in [5.41, 5.74) is 1.70. The normalized spacial score (nSPS) is 31.2. The fourth-order valence-corrected chi connectivity index (χ4v) is 6.71. The third kappa shape index (κ3) is 3.71. The van der Waals surface area contributed by atoms with Crippen LogP contribution in [0.1, 0.15) is 66.7 Å². The average molecular weight is 526 g/mol. The molecule has 0 aromatic heterocycles. The molecule has 4 rings (SSSR count). The molecule has 0 bridgehead atoms. The van der Waals surface area contributed by atoms with Crippen LogP contribution in [-0.2, 0) is 14.4 Å². The second-order valence-corrected chi connectivity index (χ2v) is 11.6. The van der Waals surface area contributed by atoms with Crippen LogP contribution in [0, 0.1) is 17.4 Å². The van der Waals surface area contributed by atoms with Crippen LogP contribution in [0.2, 0.25) is 0 Å². The van der Waals surface area contributed by atoms with Crippen LogP contribution < -0.4 is 11.1 Å². The van der Waals surface area contributed by atoms with Crippen molar-refractivity contribution in [3.8, 4) is 0 Å². The molecular formula is C29H37N2O7-. The van der Waals surface area contributed by atoms with Gasteiger partial charge in [-0.2, -0.15) is 0 Å². The maximum absolute atomic E-state index is 13.2. The molecule has 206 valence electrons. The summed E-state index contributed by atoms with van der Waals surface area (Å²) in [6.45, 7) is 10.1. The van der Waals surface area contributed by atoms with Gasteiger partial charge in [-0.15, -0.1) is 5.57 Å². The van der Waals surface area contributed by atoms with Crippen LogP contribution in [0.5, 0.6) is 0 Å². The van der Waals surface area contributed by atoms with E-state index in [0.717, 1.165) is 11.1 Å². The minimum atomic E-state index is -2.64. The molecule has 7 N–H and O–H groups in total. The number of ketones is 2. The van der Waals surface area contributed by atoms with E-state index in [1.807, 2.05) is 34.6 Å². The number of primary amides is 1. The number of aliphatic hydroxyl groups excluding tert-OH is 3. The summed E-state index contributed by atoms with van der Waals surface area (Å²) in [4.78, 5) is 38.3. The van der Waals surface area contributed by atoms with Crippen LogP contribution in [-0.4, -0.2) is 55.6 Å². The second-order valence-electron chi connectivity index (χ2n) is 11.6. The molecule has 9 heteroatoms. The molecule has 0 saturated heterocycles. The lowest BCUT2D eigenvalue weighted by molar-refractivity contribution is -0.135. The van der Waals surface area contributed by atoms with Gasteiger partial charge in [0.25, 0.3) is 5.91 Å². The molecule has 1 amide bonds. The van der Waals surface area contributed by atoms with Crippen LogP contribution in [0.4, 0.5) is 0 Å². The Hall–Kier alpha value is -3.14. The Morgan fingerprint density at radius 3 is 2.37 bits per heavy atom. The van der Waals surface area contributed by atoms with Crippen molar-refractivity contribution in [3.05, 3.63) is 63.2 Å². The van der Waals surface area contributed by atoms with Gasteiger partial charge in [-0.3, -0.25) is 9.59 Å². The SMILES string of the molecule is CCC12CC3=C(C(=O)C=CC3=C(C)C)[C-](O)C1=C(O)C1(O)C(O)=C(C(N)=O)C(=O)CC1(NCCC(C)C)C2. The van der Waals surface area contributed by atoms with E-state index >= 15 is 0 Å². The zero-order chi connectivity index (χ0) is 28.4. The third-order valence-corrected chi connectivity index (χ3v) is 8.67. The molecule has 0 radical (unpaired) electrons. The molecule has 0 aromatic rings. The molecule has 0 heterocycles. The Morgan fingerprint density at radius 1 is 1.16 bits per heavy atom. The van der Waals surface area contributed by atoms with E-state index in [4.69, 9.17) is 5.73 Å². The van der Waals surface area contributed by atoms with Crippen molar-refractivity contribution < 1.29 is 34.8 Å². The maximum atomic E-state index is 13.2. The Bertz CT molecular complexity index is 1280. The fraction of sp³-hybridized carbons (Fsp3) is 0.517. The first-order valence-corrected chi connectivity index (χ1v) is 13.1. The van der Waals surface area contributed by atoms with E-state index in [0.29, 0.717) is 25.0 Å². The van der Waals surface area contributed by atoms with Gasteiger partial charge in [-0.05, 0) is 57.1 Å². The highest BCUT2D eigenvalue weighted by atomic mass is 16.4. The van der Waals surface area contributed by atoms with Gasteiger partial charge < -0.3 is 36.3 Å². The fourth-order valence-electron chi connectivity index (χ4n) is 6.71. The highest BCUT2D eigenvalue weighted by molar-refractivity contribution is 6.20. The Kier molecular flexibility index (Phi) is 6.79. The summed E-state index contributed by atoms with van der Waals surface area (Å²) in [6.07, 6.45) is 3.51. The number of hydrogen-bond acceptors (Lipinski definition) is 8. The lowest BCUT2D eigenvalue weighted by atomic mass is 9.49. The molecule has 4 aliphatic rings. The largest absolute Gasteiger partial charge is 0.551 e. The third-order valence-electron chi connectivity index (χ3n) is 8.67. The van der Waals surface area contributed by atoms with Crippen molar-refractivity contribution in [3.63, 3.8) is 0 Å². The number of carbonyl (C=O) groups excluding carboxylic acids is 3. The summed E-state index contributed by atoms with van der Waals surface area (Å²) in [6, 6.07) is 0. The summed E-state index contributed by atoms with van der Waals surface area (Å²) in [5, 5.41) is 50.0. The van der Waals surface area contributed by atoms with Gasteiger partial charge in [-0.1, -0.05) is 61.6 Å². The Morgan fingerprint density at radius 2 is 1.82 bits per heavy atom. The molecule has 0 spiro atoms. The van der Waals surface area contributed by atoms with Crippen LogP contribution in [0.3, 0.4) is 0 Å². The summed E-state index contributed by atoms with van der Waals surface area (Å²) >= 11 is 0. The number of carbonyl (C=O) groups is 3. The van der Waals surface area contributed by atoms with Crippen molar-refractivity contribution in [2.45, 2.75) is 77.9 Å². The molecule has 3 unspecified atom stereocenters. The first kappa shape index (κ1) is 27.9. The van der Waals surface area contributed by atoms with E-state index in [2.05, 4.69) is 5.32 Å². The highest BCUT2D eigenvalue weighted by Gasteiger charge is 2.67. The van der Waals surface area contributed by atoms with Gasteiger partial charge in [0.2, 0.25) is 0 Å². The zero-order valence-electron chi connectivity index (χ0n) is 22.6. The lowest BCUT2D eigenvalue weighted by Gasteiger charge is -2.62. The number of amides is 1. The van der Waals surface area contributed by atoms with Crippen LogP contribution in [0.15, 0.2) is 57.1 Å². The van der Waals surface area contributed by atoms with Gasteiger partial charge in [0.15, 0.2) is 11.4 Å². The maximum Gasteiger partial charge on any atom is 0.255 e. The van der Waals surface area contributed by atoms with E-state index in [-0.39, 0.29) is 29.9 Å². The molecule has 0 saturated carbocycles. The molecule has 4 aliphatic carbocycles. The topological polar surface area (TPSA) is 170 Å². The van der Waals surface area contributed by atoms with E-state index < -0.39 is 63.6 Å². The summed E-state index contributed by atoms with van der Waals surface area (Å²) in [5.74, 6) is -3.99. The quantitative estimate of drug-likeness (QED) is 0.227. The number of Topliss-reactive ketones (excluding diaryl/α,β-unsaturated/α-hetero) is 1. The number of rotatable bonds is 6. The van der Waals surface area contributed by atoms with E-state index in [1.54, 1.807) is 6.08 Å². The molecule has 9 nitrogen and oxygen atoms in total. The standard InChI is InChI=1S/C29H37N2O7/c1-6-27-11-17-16(15(4)5)7-8-18(32)20(17)23(34)22(27)25(36)29(38)24(35)21(26(30)37)19(33)12-28(29,13-27)31-10-9-14(2)3/h7-8,14,31,34-36,38H,6,9-13H2,1-5H3,(H2,30,37)/q-1. The number of hydrogen-bond donors (Lipinski definition) is 6. The summed E-state index contributed by atoms with van der Waals surface area (Å²) < 4.78 is 0. The summed E-state index contributed by atoms with van der Waals surface area (Å²) in [7, 11) is 0. The minimum absolute atomic E-state index is 0.0289. The van der Waals surface area contributed by atoms with Crippen molar-refractivity contribution in [1.29, 1.82) is 0 Å². The smallest absolute Gasteiger partial charge is 0.255 e. The van der Waals surface area contributed by atoms with Crippen molar-refractivity contribution in [1.82, 2.24) is 5.32 Å². The molecule has 3 atom stereocenters. The van der Waals surface area contributed by atoms with E-state index in [9.17, 15) is 34.8 Å². The highest BCUT2D eigenvalue weighted by Crippen LogP contribution is 2.64. The van der Waals surface area contributed by atoms with Crippen molar-refractivity contribution in [2.75, 3.05) is 6.54 Å². The number of allylic oxidation sites excluding steroid dienone is 5. The van der Waals surface area contributed by atoms with Crippen LogP contribution in [0.25, 0.3) is 0 Å². The predicted octanol–water partition coefficient (Wildman–Crippen LogP) is 3.05. The van der Waals surface area contributed by atoms with Gasteiger partial charge in [0.05, 0.1) is 11.3 Å². The lowest BCUT2D eigenvalue weighted by Crippen LogP contribution is -2.72. The molecule has 38 heavy (non-hydrogen) atoms. The molecule has 0 aliphatic heterocycles. The monoisotopic (exact) mass is 525 g/mol. The van der Waals surface area contributed by atoms with Gasteiger partial charge >= 0.3 is 0 Å². The van der Waals surface area contributed by atoms with E-state index in [1.165, 1.54) is 6.08 Å². The molecule has 0 aromatic carbocycles. The zero-order valence-corrected chi connectivity index (χ0v) is 22.6. The molecule has 0 fully saturated rings. The van der Waals surface area contributed by atoms with Crippen LogP contribution >= 0.6 is 0 Å². The minimum Gasteiger partial charge on any atom is -0.551 e. The number of nitrogens with one attached hydrogen (secondary N) is 1. The van der Waals surface area contributed by atoms with Crippen molar-refractivity contribution >= 4 is 17.5 Å². The average Bonchev–Trinajstić information content (AvgIpc) is 2.80. The predicted molar refractivity (Wildman–Crippen MR) is 140 cm³/mol. The second kappa shape index (κ2) is 9.25. The number of nitrogens with two attached hydrogens (primary N) is 1. The number of aliphatic hydroxyl groups is 4. The Labute approximate surface area is 222 Å². The van der Waals surface area contributed by atoms with Crippen molar-refractivity contribution in [2.24, 2.45) is 17.1 Å². The van der Waals surface area contributed by atoms with Gasteiger partial charge in [0.1, 0.15) is 17.1 Å². The van der Waals surface area contributed by atoms with Gasteiger partial charge in [-0.25, -0.2) is 0 Å². The number of fused-ring (bicyclic) bond motifs is 2. The van der Waals surface area contributed by atoms with Gasteiger partial charge in [0, 0.05) is 6.42 Å². The first-order valence-electron chi connectivity index (χ1n) is 13.1. The first-order chi connectivity index (χ1) is 17.7. The Balaban J connectivity index is 2.04. The molecular weight excluding hydrogens is 488 g/mol.